The average Bonchev–Trinajstić information content (AvgIpc) is 3.01. The molecule has 1 saturated heterocycles. The lowest BCUT2D eigenvalue weighted by Gasteiger charge is -2.27. The van der Waals surface area contributed by atoms with Crippen LogP contribution in [-0.2, 0) is 10.9 Å². The van der Waals surface area contributed by atoms with E-state index in [2.05, 4.69) is 5.32 Å². The third-order valence-electron chi connectivity index (χ3n) is 4.50. The van der Waals surface area contributed by atoms with Gasteiger partial charge in [-0.3, -0.25) is 0 Å². The summed E-state index contributed by atoms with van der Waals surface area (Å²) in [6.07, 6.45) is -2.73. The Bertz CT molecular complexity index is 641. The van der Waals surface area contributed by atoms with Crippen molar-refractivity contribution in [1.82, 2.24) is 10.2 Å². The van der Waals surface area contributed by atoms with E-state index in [4.69, 9.17) is 4.74 Å². The van der Waals surface area contributed by atoms with Crippen molar-refractivity contribution in [3.63, 3.8) is 0 Å². The number of carbonyl (C=O) groups is 1. The average molecular weight is 386 g/mol. The number of hydrogen-bond donors (Lipinski definition) is 1. The first-order valence-corrected chi connectivity index (χ1v) is 9.41. The largest absolute Gasteiger partial charge is 0.444 e. The third-order valence-corrected chi connectivity index (χ3v) is 4.50. The van der Waals surface area contributed by atoms with Gasteiger partial charge in [0.25, 0.3) is 0 Å². The number of ether oxygens (including phenoxy) is 1. The molecule has 1 aromatic carbocycles. The highest BCUT2D eigenvalue weighted by molar-refractivity contribution is 5.68. The van der Waals surface area contributed by atoms with E-state index in [9.17, 15) is 18.0 Å². The maximum absolute atomic E-state index is 13.4. The van der Waals surface area contributed by atoms with Crippen LogP contribution >= 0.6 is 0 Å². The highest BCUT2D eigenvalue weighted by Gasteiger charge is 2.36. The quantitative estimate of drug-likeness (QED) is 0.761. The highest BCUT2D eigenvalue weighted by atomic mass is 19.4. The monoisotopic (exact) mass is 386 g/mol. The Balaban J connectivity index is 2.09. The molecule has 0 aromatic heterocycles. The van der Waals surface area contributed by atoms with Crippen molar-refractivity contribution < 1.29 is 22.7 Å². The van der Waals surface area contributed by atoms with Gasteiger partial charge in [0, 0.05) is 25.2 Å². The molecule has 27 heavy (non-hydrogen) atoms. The van der Waals surface area contributed by atoms with Gasteiger partial charge in [-0.05, 0) is 45.2 Å². The second-order valence-corrected chi connectivity index (χ2v) is 8.00. The van der Waals surface area contributed by atoms with E-state index in [0.29, 0.717) is 25.9 Å². The van der Waals surface area contributed by atoms with Gasteiger partial charge in [-0.15, -0.1) is 0 Å². The molecule has 1 aromatic rings. The Labute approximate surface area is 159 Å². The summed E-state index contributed by atoms with van der Waals surface area (Å²) in [5, 5.41) is 3.34. The Morgan fingerprint density at radius 1 is 1.30 bits per heavy atom. The number of likely N-dealkylation sites (tertiary alicyclic amines) is 1. The molecule has 0 radical (unpaired) electrons. The van der Waals surface area contributed by atoms with Crippen LogP contribution in [0.15, 0.2) is 24.3 Å². The molecule has 7 heteroatoms. The van der Waals surface area contributed by atoms with Crippen LogP contribution in [0.1, 0.15) is 64.1 Å². The molecule has 152 valence electrons. The zero-order valence-electron chi connectivity index (χ0n) is 16.4. The molecule has 1 fully saturated rings. The maximum Gasteiger partial charge on any atom is 0.416 e. The minimum atomic E-state index is -4.39. The zero-order valence-corrected chi connectivity index (χ0v) is 16.4. The molecule has 1 aliphatic rings. The molecule has 0 saturated carbocycles. The molecule has 0 aliphatic carbocycles. The van der Waals surface area contributed by atoms with Gasteiger partial charge in [0.05, 0.1) is 5.56 Å². The minimum Gasteiger partial charge on any atom is -0.444 e. The SMILES string of the molecule is CCCC(N[C@H]1CCN(C(=O)OC(C)(C)C)C1)c1ccccc1C(F)(F)F. The van der Waals surface area contributed by atoms with Crippen molar-refractivity contribution in [2.75, 3.05) is 13.1 Å². The van der Waals surface area contributed by atoms with E-state index >= 15 is 0 Å². The molecule has 0 bridgehead atoms. The van der Waals surface area contributed by atoms with Gasteiger partial charge in [-0.2, -0.15) is 13.2 Å². The van der Waals surface area contributed by atoms with E-state index in [1.165, 1.54) is 12.1 Å². The van der Waals surface area contributed by atoms with Crippen molar-refractivity contribution >= 4 is 6.09 Å². The van der Waals surface area contributed by atoms with Crippen LogP contribution < -0.4 is 5.32 Å². The van der Waals surface area contributed by atoms with Gasteiger partial charge >= 0.3 is 12.3 Å². The fourth-order valence-corrected chi connectivity index (χ4v) is 3.35. The summed E-state index contributed by atoms with van der Waals surface area (Å²) in [6, 6.07) is 5.25. The van der Waals surface area contributed by atoms with Crippen molar-refractivity contribution in [3.05, 3.63) is 35.4 Å². The summed E-state index contributed by atoms with van der Waals surface area (Å²) < 4.78 is 45.6. The first-order valence-electron chi connectivity index (χ1n) is 9.41. The van der Waals surface area contributed by atoms with E-state index in [1.54, 1.807) is 11.0 Å². The lowest BCUT2D eigenvalue weighted by Crippen LogP contribution is -2.39. The summed E-state index contributed by atoms with van der Waals surface area (Å²) in [5.41, 5.74) is -0.903. The minimum absolute atomic E-state index is 0.0599. The Morgan fingerprint density at radius 3 is 2.56 bits per heavy atom. The van der Waals surface area contributed by atoms with Gasteiger partial charge in [-0.25, -0.2) is 4.79 Å². The topological polar surface area (TPSA) is 41.6 Å². The number of amides is 1. The molecule has 4 nitrogen and oxygen atoms in total. The summed E-state index contributed by atoms with van der Waals surface area (Å²) >= 11 is 0. The third kappa shape index (κ3) is 6.13. The van der Waals surface area contributed by atoms with Gasteiger partial charge in [-0.1, -0.05) is 31.5 Å². The van der Waals surface area contributed by atoms with E-state index in [0.717, 1.165) is 12.5 Å². The van der Waals surface area contributed by atoms with Crippen molar-refractivity contribution in [2.45, 2.75) is 70.8 Å². The van der Waals surface area contributed by atoms with Gasteiger partial charge < -0.3 is 15.0 Å². The van der Waals surface area contributed by atoms with E-state index in [-0.39, 0.29) is 17.7 Å². The van der Waals surface area contributed by atoms with Crippen molar-refractivity contribution in [2.24, 2.45) is 0 Å². The van der Waals surface area contributed by atoms with Crippen LogP contribution in [0.25, 0.3) is 0 Å². The van der Waals surface area contributed by atoms with Crippen LogP contribution in [0.2, 0.25) is 0 Å². The molecule has 1 aliphatic heterocycles. The summed E-state index contributed by atoms with van der Waals surface area (Å²) in [7, 11) is 0. The van der Waals surface area contributed by atoms with Gasteiger partial charge in [0.15, 0.2) is 0 Å². The fraction of sp³-hybridized carbons (Fsp3) is 0.650. The van der Waals surface area contributed by atoms with Crippen LogP contribution in [0, 0.1) is 0 Å². The molecule has 0 spiro atoms. The normalized spacial score (nSPS) is 19.2. The molecular weight excluding hydrogens is 357 g/mol. The Kier molecular flexibility index (Phi) is 6.78. The number of hydrogen-bond acceptors (Lipinski definition) is 3. The number of nitrogens with one attached hydrogen (secondary N) is 1. The molecule has 1 N–H and O–H groups in total. The Hall–Kier alpha value is -1.76. The van der Waals surface area contributed by atoms with Crippen LogP contribution in [0.5, 0.6) is 0 Å². The zero-order chi connectivity index (χ0) is 20.2. The number of nitrogens with zero attached hydrogens (tertiary/aromatic N) is 1. The Morgan fingerprint density at radius 2 is 1.96 bits per heavy atom. The van der Waals surface area contributed by atoms with Crippen LogP contribution in [0.4, 0.5) is 18.0 Å². The standard InChI is InChI=1S/C20H29F3N2O2/c1-5-8-17(15-9-6-7-10-16(15)20(21,22)23)24-14-11-12-25(13-14)18(26)27-19(2,3)4/h6-7,9-10,14,17,24H,5,8,11-13H2,1-4H3/t14-,17?/m0/s1. The number of carbonyl (C=O) groups excluding carboxylic acids is 1. The smallest absolute Gasteiger partial charge is 0.416 e. The second kappa shape index (κ2) is 8.50. The van der Waals surface area contributed by atoms with Gasteiger partial charge in [0.2, 0.25) is 0 Å². The number of benzene rings is 1. The lowest BCUT2D eigenvalue weighted by atomic mass is 9.95. The summed E-state index contributed by atoms with van der Waals surface area (Å²) in [5.74, 6) is 0. The molecule has 2 rings (SSSR count). The molecule has 1 unspecified atom stereocenters. The van der Waals surface area contributed by atoms with Crippen LogP contribution in [0.3, 0.4) is 0 Å². The maximum atomic E-state index is 13.4. The number of rotatable bonds is 5. The molecule has 2 atom stereocenters. The van der Waals surface area contributed by atoms with Crippen LogP contribution in [-0.4, -0.2) is 35.7 Å². The summed E-state index contributed by atoms with van der Waals surface area (Å²) in [4.78, 5) is 13.8. The van der Waals surface area contributed by atoms with Crippen molar-refractivity contribution in [1.29, 1.82) is 0 Å². The van der Waals surface area contributed by atoms with E-state index in [1.807, 2.05) is 27.7 Å². The molecular formula is C20H29F3N2O2. The van der Waals surface area contributed by atoms with Gasteiger partial charge in [0.1, 0.15) is 5.60 Å². The first-order chi connectivity index (χ1) is 12.5. The number of halogens is 3. The van der Waals surface area contributed by atoms with Crippen molar-refractivity contribution in [3.8, 4) is 0 Å². The lowest BCUT2D eigenvalue weighted by molar-refractivity contribution is -0.138. The fourth-order valence-electron chi connectivity index (χ4n) is 3.35. The first kappa shape index (κ1) is 21.5. The predicted octanol–water partition coefficient (Wildman–Crippen LogP) is 5.15. The summed E-state index contributed by atoms with van der Waals surface area (Å²) in [6.45, 7) is 8.34. The molecule has 1 heterocycles. The molecule has 1 amide bonds. The highest BCUT2D eigenvalue weighted by Crippen LogP contribution is 2.36. The number of alkyl halides is 3. The second-order valence-electron chi connectivity index (χ2n) is 8.00. The van der Waals surface area contributed by atoms with E-state index < -0.39 is 23.4 Å². The predicted molar refractivity (Wildman–Crippen MR) is 98.4 cm³/mol.